The van der Waals surface area contributed by atoms with Crippen LogP contribution in [0.5, 0.6) is 11.5 Å². The molecule has 0 saturated carbocycles. The molecular formula is C20H21N3O4. The second kappa shape index (κ2) is 8.35. The highest BCUT2D eigenvalue weighted by atomic mass is 16.5. The van der Waals surface area contributed by atoms with Crippen LogP contribution in [0.4, 0.5) is 0 Å². The van der Waals surface area contributed by atoms with E-state index in [0.29, 0.717) is 29.5 Å². The molecule has 3 rings (SSSR count). The summed E-state index contributed by atoms with van der Waals surface area (Å²) in [5.41, 5.74) is 2.32. The highest BCUT2D eigenvalue weighted by molar-refractivity contribution is 5.79. The summed E-state index contributed by atoms with van der Waals surface area (Å²) in [6.07, 6.45) is 3.61. The SMILES string of the molecule is COc1ccc(OC)c(CC(=O)N(C)Cc2cc(-c3cccnc3)no2)c1. The third kappa shape index (κ3) is 4.44. The van der Waals surface area contributed by atoms with Crippen molar-refractivity contribution >= 4 is 5.91 Å². The highest BCUT2D eigenvalue weighted by Crippen LogP contribution is 2.25. The number of hydrogen-bond donors (Lipinski definition) is 0. The van der Waals surface area contributed by atoms with E-state index >= 15 is 0 Å². The third-order valence-electron chi connectivity index (χ3n) is 4.16. The molecule has 0 bridgehead atoms. The molecule has 0 fully saturated rings. The Morgan fingerprint density at radius 2 is 2.04 bits per heavy atom. The number of likely N-dealkylation sites (N-methyl/N-ethyl adjacent to an activating group) is 1. The number of hydrogen-bond acceptors (Lipinski definition) is 6. The summed E-state index contributed by atoms with van der Waals surface area (Å²) in [4.78, 5) is 18.3. The molecule has 0 saturated heterocycles. The minimum absolute atomic E-state index is 0.0686. The molecule has 0 aliphatic heterocycles. The Morgan fingerprint density at radius 1 is 1.19 bits per heavy atom. The Morgan fingerprint density at radius 3 is 2.74 bits per heavy atom. The molecule has 1 amide bonds. The van der Waals surface area contributed by atoms with Crippen molar-refractivity contribution in [3.8, 4) is 22.8 Å². The van der Waals surface area contributed by atoms with Crippen LogP contribution in [0.3, 0.4) is 0 Å². The van der Waals surface area contributed by atoms with Crippen LogP contribution in [0.15, 0.2) is 53.3 Å². The van der Waals surface area contributed by atoms with Crippen LogP contribution in [0.1, 0.15) is 11.3 Å². The quantitative estimate of drug-likeness (QED) is 0.639. The van der Waals surface area contributed by atoms with Crippen LogP contribution in [-0.2, 0) is 17.8 Å². The molecule has 0 aliphatic carbocycles. The van der Waals surface area contributed by atoms with Crippen LogP contribution < -0.4 is 9.47 Å². The van der Waals surface area contributed by atoms with E-state index in [1.165, 1.54) is 0 Å². The van der Waals surface area contributed by atoms with E-state index in [1.54, 1.807) is 56.8 Å². The summed E-state index contributed by atoms with van der Waals surface area (Å²) in [5, 5.41) is 4.04. The Bertz CT molecular complexity index is 909. The van der Waals surface area contributed by atoms with E-state index in [-0.39, 0.29) is 12.3 Å². The smallest absolute Gasteiger partial charge is 0.227 e. The van der Waals surface area contributed by atoms with Crippen molar-refractivity contribution in [2.75, 3.05) is 21.3 Å². The molecule has 0 radical (unpaired) electrons. The number of amides is 1. The molecule has 2 heterocycles. The fraction of sp³-hybridized carbons (Fsp3) is 0.250. The maximum atomic E-state index is 12.6. The van der Waals surface area contributed by atoms with Gasteiger partial charge >= 0.3 is 0 Å². The normalized spacial score (nSPS) is 10.5. The maximum Gasteiger partial charge on any atom is 0.227 e. The lowest BCUT2D eigenvalue weighted by Crippen LogP contribution is -2.27. The van der Waals surface area contributed by atoms with Crippen molar-refractivity contribution in [3.63, 3.8) is 0 Å². The average Bonchev–Trinajstić information content (AvgIpc) is 3.17. The van der Waals surface area contributed by atoms with E-state index in [2.05, 4.69) is 10.1 Å². The molecule has 0 N–H and O–H groups in total. The number of nitrogens with zero attached hydrogens (tertiary/aromatic N) is 3. The van der Waals surface area contributed by atoms with Gasteiger partial charge in [0.2, 0.25) is 5.91 Å². The fourth-order valence-corrected chi connectivity index (χ4v) is 2.68. The summed E-state index contributed by atoms with van der Waals surface area (Å²) in [5.74, 6) is 1.86. The van der Waals surface area contributed by atoms with Crippen LogP contribution in [0.25, 0.3) is 11.3 Å². The summed E-state index contributed by atoms with van der Waals surface area (Å²) in [6.45, 7) is 0.318. The largest absolute Gasteiger partial charge is 0.497 e. The van der Waals surface area contributed by atoms with Crippen LogP contribution >= 0.6 is 0 Å². The predicted molar refractivity (Wildman–Crippen MR) is 99.5 cm³/mol. The first-order chi connectivity index (χ1) is 13.1. The summed E-state index contributed by atoms with van der Waals surface area (Å²) < 4.78 is 15.9. The number of benzene rings is 1. The number of methoxy groups -OCH3 is 2. The maximum absolute atomic E-state index is 12.6. The van der Waals surface area contributed by atoms with Crippen LogP contribution in [-0.4, -0.2) is 42.2 Å². The minimum atomic E-state index is -0.0686. The minimum Gasteiger partial charge on any atom is -0.497 e. The molecule has 140 valence electrons. The topological polar surface area (TPSA) is 77.7 Å². The van der Waals surface area contributed by atoms with Gasteiger partial charge in [0, 0.05) is 36.6 Å². The lowest BCUT2D eigenvalue weighted by atomic mass is 10.1. The number of ether oxygens (including phenoxy) is 2. The van der Waals surface area contributed by atoms with E-state index < -0.39 is 0 Å². The fourth-order valence-electron chi connectivity index (χ4n) is 2.68. The summed E-state index contributed by atoms with van der Waals surface area (Å²) in [6, 6.07) is 10.9. The van der Waals surface area contributed by atoms with Gasteiger partial charge in [0.15, 0.2) is 5.76 Å². The number of carbonyl (C=O) groups is 1. The lowest BCUT2D eigenvalue weighted by Gasteiger charge is -2.17. The average molecular weight is 367 g/mol. The van der Waals surface area contributed by atoms with Gasteiger partial charge in [-0.15, -0.1) is 0 Å². The molecule has 1 aromatic carbocycles. The van der Waals surface area contributed by atoms with Gasteiger partial charge in [-0.1, -0.05) is 5.16 Å². The Hall–Kier alpha value is -3.35. The Labute approximate surface area is 157 Å². The van der Waals surface area contributed by atoms with Crippen molar-refractivity contribution in [1.29, 1.82) is 0 Å². The first-order valence-electron chi connectivity index (χ1n) is 8.41. The molecule has 7 heteroatoms. The molecule has 3 aromatic rings. The lowest BCUT2D eigenvalue weighted by molar-refractivity contribution is -0.130. The number of rotatable bonds is 7. The van der Waals surface area contributed by atoms with E-state index in [9.17, 15) is 4.79 Å². The number of aromatic nitrogens is 2. The van der Waals surface area contributed by atoms with Crippen LogP contribution in [0, 0.1) is 0 Å². The Balaban J connectivity index is 1.67. The van der Waals surface area contributed by atoms with Gasteiger partial charge in [0.1, 0.15) is 17.2 Å². The summed E-state index contributed by atoms with van der Waals surface area (Å²) >= 11 is 0. The molecular weight excluding hydrogens is 346 g/mol. The molecule has 0 unspecified atom stereocenters. The van der Waals surface area contributed by atoms with Crippen molar-refractivity contribution < 1.29 is 18.8 Å². The van der Waals surface area contributed by atoms with E-state index in [0.717, 1.165) is 11.1 Å². The van der Waals surface area contributed by atoms with Gasteiger partial charge in [-0.3, -0.25) is 9.78 Å². The van der Waals surface area contributed by atoms with Crippen molar-refractivity contribution in [2.45, 2.75) is 13.0 Å². The van der Waals surface area contributed by atoms with Gasteiger partial charge in [-0.2, -0.15) is 0 Å². The summed E-state index contributed by atoms with van der Waals surface area (Å²) in [7, 11) is 4.89. The van der Waals surface area contributed by atoms with Crippen molar-refractivity contribution in [2.24, 2.45) is 0 Å². The van der Waals surface area contributed by atoms with Gasteiger partial charge in [-0.25, -0.2) is 0 Å². The zero-order valence-electron chi connectivity index (χ0n) is 15.5. The molecule has 2 aromatic heterocycles. The molecule has 7 nitrogen and oxygen atoms in total. The molecule has 0 aliphatic rings. The second-order valence-corrected chi connectivity index (χ2v) is 6.02. The predicted octanol–water partition coefficient (Wildman–Crippen LogP) is 2.95. The molecule has 0 atom stereocenters. The van der Waals surface area contributed by atoms with E-state index in [4.69, 9.17) is 14.0 Å². The van der Waals surface area contributed by atoms with Crippen molar-refractivity contribution in [1.82, 2.24) is 15.0 Å². The molecule has 27 heavy (non-hydrogen) atoms. The molecule has 0 spiro atoms. The first kappa shape index (κ1) is 18.4. The third-order valence-corrected chi connectivity index (χ3v) is 4.16. The highest BCUT2D eigenvalue weighted by Gasteiger charge is 2.16. The number of pyridine rings is 1. The van der Waals surface area contributed by atoms with Crippen molar-refractivity contribution in [3.05, 3.63) is 60.1 Å². The van der Waals surface area contributed by atoms with Crippen LogP contribution in [0.2, 0.25) is 0 Å². The zero-order valence-corrected chi connectivity index (χ0v) is 15.5. The second-order valence-electron chi connectivity index (χ2n) is 6.02. The first-order valence-corrected chi connectivity index (χ1v) is 8.41. The standard InChI is InChI=1S/C20H21N3O4/c1-23(13-17-11-18(22-27-17)14-5-4-8-21-12-14)20(24)10-15-9-16(25-2)6-7-19(15)26-3/h4-9,11-12H,10,13H2,1-3H3. The zero-order chi connectivity index (χ0) is 19.2. The van der Waals surface area contributed by atoms with Gasteiger partial charge < -0.3 is 18.9 Å². The Kier molecular flexibility index (Phi) is 5.71. The monoisotopic (exact) mass is 367 g/mol. The van der Waals surface area contributed by atoms with Gasteiger partial charge in [-0.05, 0) is 30.3 Å². The van der Waals surface area contributed by atoms with E-state index in [1.807, 2.05) is 18.2 Å². The van der Waals surface area contributed by atoms with Gasteiger partial charge in [0.25, 0.3) is 0 Å². The number of carbonyl (C=O) groups excluding carboxylic acids is 1. The van der Waals surface area contributed by atoms with Gasteiger partial charge in [0.05, 0.1) is 27.2 Å².